The molecule has 1 heterocycles. The summed E-state index contributed by atoms with van der Waals surface area (Å²) < 4.78 is 0. The third kappa shape index (κ3) is 3.96. The van der Waals surface area contributed by atoms with Gasteiger partial charge in [-0.2, -0.15) is 0 Å². The van der Waals surface area contributed by atoms with Crippen molar-refractivity contribution in [1.29, 1.82) is 0 Å². The highest BCUT2D eigenvalue weighted by Crippen LogP contribution is 2.29. The standard InChI is InChI=1S/C15H30N2/c1-12-4-3-8-17(9-7-12)11-14-10-13(2)5-6-15(14)16/h12-15H,3-11,16H2,1-2H3. The molecule has 1 saturated carbocycles. The van der Waals surface area contributed by atoms with Gasteiger partial charge in [0, 0.05) is 12.6 Å². The van der Waals surface area contributed by atoms with Crippen molar-refractivity contribution in [2.45, 2.75) is 58.4 Å². The number of hydrogen-bond donors (Lipinski definition) is 1. The maximum atomic E-state index is 6.30. The van der Waals surface area contributed by atoms with E-state index in [0.29, 0.717) is 6.04 Å². The van der Waals surface area contributed by atoms with Crippen LogP contribution in [0.3, 0.4) is 0 Å². The summed E-state index contributed by atoms with van der Waals surface area (Å²) in [4.78, 5) is 2.69. The number of likely N-dealkylation sites (tertiary alicyclic amines) is 1. The van der Waals surface area contributed by atoms with E-state index < -0.39 is 0 Å². The molecule has 17 heavy (non-hydrogen) atoms. The summed E-state index contributed by atoms with van der Waals surface area (Å²) in [6, 6.07) is 0.465. The van der Waals surface area contributed by atoms with Crippen LogP contribution in [0.4, 0.5) is 0 Å². The Morgan fingerprint density at radius 1 is 1.00 bits per heavy atom. The lowest BCUT2D eigenvalue weighted by Crippen LogP contribution is -2.43. The summed E-state index contributed by atoms with van der Waals surface area (Å²) in [6.07, 6.45) is 8.14. The van der Waals surface area contributed by atoms with Gasteiger partial charge in [0.05, 0.1) is 0 Å². The summed E-state index contributed by atoms with van der Waals surface area (Å²) in [5, 5.41) is 0. The first-order valence-corrected chi connectivity index (χ1v) is 7.63. The summed E-state index contributed by atoms with van der Waals surface area (Å²) >= 11 is 0. The molecule has 0 amide bonds. The molecule has 0 aromatic carbocycles. The molecule has 0 aromatic heterocycles. The molecule has 2 aliphatic rings. The lowest BCUT2D eigenvalue weighted by molar-refractivity contribution is 0.163. The second-order valence-electron chi connectivity index (χ2n) is 6.68. The van der Waals surface area contributed by atoms with Gasteiger partial charge in [0.25, 0.3) is 0 Å². The predicted molar refractivity (Wildman–Crippen MR) is 73.9 cm³/mol. The highest BCUT2D eigenvalue weighted by atomic mass is 15.1. The Hall–Kier alpha value is -0.0800. The van der Waals surface area contributed by atoms with Crippen molar-refractivity contribution in [1.82, 2.24) is 4.90 Å². The molecule has 0 spiro atoms. The van der Waals surface area contributed by atoms with E-state index in [1.54, 1.807) is 0 Å². The topological polar surface area (TPSA) is 29.3 Å². The second kappa shape index (κ2) is 6.19. The Morgan fingerprint density at radius 2 is 1.82 bits per heavy atom. The minimum absolute atomic E-state index is 0.465. The second-order valence-corrected chi connectivity index (χ2v) is 6.68. The molecule has 0 radical (unpaired) electrons. The molecule has 4 unspecified atom stereocenters. The average Bonchev–Trinajstić information content (AvgIpc) is 2.49. The molecular weight excluding hydrogens is 208 g/mol. The van der Waals surface area contributed by atoms with Crippen LogP contribution in [-0.4, -0.2) is 30.6 Å². The molecule has 4 atom stereocenters. The van der Waals surface area contributed by atoms with E-state index in [4.69, 9.17) is 5.73 Å². The van der Waals surface area contributed by atoms with Crippen LogP contribution in [0, 0.1) is 17.8 Å². The van der Waals surface area contributed by atoms with Crippen molar-refractivity contribution >= 4 is 0 Å². The van der Waals surface area contributed by atoms with E-state index in [-0.39, 0.29) is 0 Å². The van der Waals surface area contributed by atoms with Gasteiger partial charge in [0.1, 0.15) is 0 Å². The third-order valence-electron chi connectivity index (χ3n) is 4.91. The Bertz CT molecular complexity index is 229. The maximum Gasteiger partial charge on any atom is 0.00795 e. The minimum atomic E-state index is 0.465. The lowest BCUT2D eigenvalue weighted by Gasteiger charge is -2.36. The van der Waals surface area contributed by atoms with Crippen LogP contribution < -0.4 is 5.73 Å². The maximum absolute atomic E-state index is 6.30. The molecular formula is C15H30N2. The summed E-state index contributed by atoms with van der Waals surface area (Å²) in [6.45, 7) is 8.67. The predicted octanol–water partition coefficient (Wildman–Crippen LogP) is 2.87. The molecule has 0 bridgehead atoms. The van der Waals surface area contributed by atoms with E-state index in [1.807, 2.05) is 0 Å². The molecule has 100 valence electrons. The summed E-state index contributed by atoms with van der Waals surface area (Å²) in [7, 11) is 0. The number of nitrogens with two attached hydrogens (primary N) is 1. The molecule has 1 aliphatic carbocycles. The molecule has 1 saturated heterocycles. The van der Waals surface area contributed by atoms with Gasteiger partial charge in [-0.3, -0.25) is 0 Å². The van der Waals surface area contributed by atoms with E-state index >= 15 is 0 Å². The van der Waals surface area contributed by atoms with Gasteiger partial charge in [-0.05, 0) is 69.4 Å². The van der Waals surface area contributed by atoms with Gasteiger partial charge in [-0.25, -0.2) is 0 Å². The minimum Gasteiger partial charge on any atom is -0.327 e. The monoisotopic (exact) mass is 238 g/mol. The third-order valence-corrected chi connectivity index (χ3v) is 4.91. The molecule has 0 aromatic rings. The normalized spacial score (nSPS) is 41.1. The largest absolute Gasteiger partial charge is 0.327 e. The first-order valence-electron chi connectivity index (χ1n) is 7.63. The van der Waals surface area contributed by atoms with Crippen molar-refractivity contribution in [2.75, 3.05) is 19.6 Å². The fraction of sp³-hybridized carbons (Fsp3) is 1.00. The number of hydrogen-bond acceptors (Lipinski definition) is 2. The quantitative estimate of drug-likeness (QED) is 0.801. The zero-order chi connectivity index (χ0) is 12.3. The van der Waals surface area contributed by atoms with Gasteiger partial charge >= 0.3 is 0 Å². The van der Waals surface area contributed by atoms with Crippen molar-refractivity contribution < 1.29 is 0 Å². The Labute approximate surface area is 107 Å². The van der Waals surface area contributed by atoms with Crippen molar-refractivity contribution in [3.8, 4) is 0 Å². The molecule has 1 aliphatic heterocycles. The lowest BCUT2D eigenvalue weighted by atomic mass is 9.79. The fourth-order valence-electron chi connectivity index (χ4n) is 3.57. The molecule has 2 fully saturated rings. The smallest absolute Gasteiger partial charge is 0.00795 e. The Morgan fingerprint density at radius 3 is 2.65 bits per heavy atom. The molecule has 2 nitrogen and oxygen atoms in total. The van der Waals surface area contributed by atoms with Crippen LogP contribution in [0.15, 0.2) is 0 Å². The first kappa shape index (κ1) is 13.4. The van der Waals surface area contributed by atoms with E-state index in [1.165, 1.54) is 58.2 Å². The van der Waals surface area contributed by atoms with Gasteiger partial charge in [0.15, 0.2) is 0 Å². The van der Waals surface area contributed by atoms with Crippen molar-refractivity contribution in [3.63, 3.8) is 0 Å². The van der Waals surface area contributed by atoms with Crippen LogP contribution in [0.1, 0.15) is 52.4 Å². The van der Waals surface area contributed by atoms with Gasteiger partial charge < -0.3 is 10.6 Å². The zero-order valence-corrected chi connectivity index (χ0v) is 11.7. The van der Waals surface area contributed by atoms with Crippen LogP contribution in [0.2, 0.25) is 0 Å². The fourth-order valence-corrected chi connectivity index (χ4v) is 3.57. The van der Waals surface area contributed by atoms with E-state index in [9.17, 15) is 0 Å². The zero-order valence-electron chi connectivity index (χ0n) is 11.7. The Kier molecular flexibility index (Phi) is 4.87. The van der Waals surface area contributed by atoms with E-state index in [0.717, 1.165) is 17.8 Å². The average molecular weight is 238 g/mol. The molecule has 2 rings (SSSR count). The van der Waals surface area contributed by atoms with Gasteiger partial charge in [-0.1, -0.05) is 13.8 Å². The highest BCUT2D eigenvalue weighted by molar-refractivity contribution is 4.84. The van der Waals surface area contributed by atoms with Crippen LogP contribution in [0.25, 0.3) is 0 Å². The van der Waals surface area contributed by atoms with Gasteiger partial charge in [0.2, 0.25) is 0 Å². The number of nitrogens with zero attached hydrogens (tertiary/aromatic N) is 1. The van der Waals surface area contributed by atoms with E-state index in [2.05, 4.69) is 18.7 Å². The summed E-state index contributed by atoms with van der Waals surface area (Å²) in [5.74, 6) is 2.58. The van der Waals surface area contributed by atoms with Gasteiger partial charge in [-0.15, -0.1) is 0 Å². The van der Waals surface area contributed by atoms with Crippen molar-refractivity contribution in [2.24, 2.45) is 23.5 Å². The first-order chi connectivity index (χ1) is 8.15. The van der Waals surface area contributed by atoms with Crippen LogP contribution >= 0.6 is 0 Å². The van der Waals surface area contributed by atoms with Crippen molar-refractivity contribution in [3.05, 3.63) is 0 Å². The number of rotatable bonds is 2. The summed E-state index contributed by atoms with van der Waals surface area (Å²) in [5.41, 5.74) is 6.30. The highest BCUT2D eigenvalue weighted by Gasteiger charge is 2.28. The SMILES string of the molecule is CC1CCCN(CC2CC(C)CCC2N)CC1. The molecule has 2 N–H and O–H groups in total. The van der Waals surface area contributed by atoms with Crippen LogP contribution in [-0.2, 0) is 0 Å². The van der Waals surface area contributed by atoms with Crippen LogP contribution in [0.5, 0.6) is 0 Å². The Balaban J connectivity index is 1.82. The molecule has 2 heteroatoms.